The minimum atomic E-state index is 0.358. The van der Waals surface area contributed by atoms with Gasteiger partial charge in [0.1, 0.15) is 0 Å². The van der Waals surface area contributed by atoms with Crippen molar-refractivity contribution in [2.75, 3.05) is 20.3 Å². The molecule has 1 aliphatic carbocycles. The molecule has 3 heteroatoms. The highest BCUT2D eigenvalue weighted by molar-refractivity contribution is 5.07. The molecule has 0 bridgehead atoms. The lowest BCUT2D eigenvalue weighted by molar-refractivity contribution is -0.126. The van der Waals surface area contributed by atoms with Crippen molar-refractivity contribution in [2.45, 2.75) is 57.7 Å². The van der Waals surface area contributed by atoms with Crippen LogP contribution in [0.2, 0.25) is 0 Å². The summed E-state index contributed by atoms with van der Waals surface area (Å²) < 4.78 is 11.0. The number of hydrogen-bond donors (Lipinski definition) is 1. The minimum Gasteiger partial charge on any atom is -0.381 e. The SMILES string of the molecule is CCC1(CC)C(NC2CCOC2)CC1OC. The van der Waals surface area contributed by atoms with E-state index in [1.165, 1.54) is 12.8 Å². The molecule has 2 aliphatic rings. The summed E-state index contributed by atoms with van der Waals surface area (Å²) in [6.45, 7) is 6.38. The molecule has 3 atom stereocenters. The molecule has 0 radical (unpaired) electrons. The third kappa shape index (κ3) is 1.89. The van der Waals surface area contributed by atoms with E-state index in [4.69, 9.17) is 9.47 Å². The molecule has 1 heterocycles. The molecule has 2 rings (SSSR count). The van der Waals surface area contributed by atoms with Crippen LogP contribution in [-0.4, -0.2) is 38.5 Å². The van der Waals surface area contributed by atoms with E-state index < -0.39 is 0 Å². The van der Waals surface area contributed by atoms with Gasteiger partial charge in [-0.1, -0.05) is 13.8 Å². The summed E-state index contributed by atoms with van der Waals surface area (Å²) in [5, 5.41) is 3.77. The Morgan fingerprint density at radius 3 is 2.62 bits per heavy atom. The molecular formula is C13H25NO2. The lowest BCUT2D eigenvalue weighted by atomic mass is 9.58. The van der Waals surface area contributed by atoms with Crippen molar-refractivity contribution < 1.29 is 9.47 Å². The highest BCUT2D eigenvalue weighted by Gasteiger charge is 2.53. The van der Waals surface area contributed by atoms with Gasteiger partial charge in [0.25, 0.3) is 0 Å². The Morgan fingerprint density at radius 2 is 2.12 bits per heavy atom. The van der Waals surface area contributed by atoms with Gasteiger partial charge in [0.15, 0.2) is 0 Å². The molecule has 3 nitrogen and oxygen atoms in total. The van der Waals surface area contributed by atoms with E-state index in [0.29, 0.717) is 23.6 Å². The Bertz CT molecular complexity index is 222. The first-order valence-corrected chi connectivity index (χ1v) is 6.63. The monoisotopic (exact) mass is 227 g/mol. The zero-order valence-corrected chi connectivity index (χ0v) is 10.8. The van der Waals surface area contributed by atoms with Crippen molar-refractivity contribution in [3.8, 4) is 0 Å². The van der Waals surface area contributed by atoms with Crippen LogP contribution in [0.15, 0.2) is 0 Å². The molecule has 1 saturated heterocycles. The molecule has 1 saturated carbocycles. The van der Waals surface area contributed by atoms with E-state index in [0.717, 1.165) is 26.1 Å². The summed E-state index contributed by atoms with van der Waals surface area (Å²) in [6.07, 6.45) is 5.18. The molecule has 1 aliphatic heterocycles. The van der Waals surface area contributed by atoms with Gasteiger partial charge in [-0.15, -0.1) is 0 Å². The average Bonchev–Trinajstić information content (AvgIpc) is 2.78. The molecule has 2 fully saturated rings. The van der Waals surface area contributed by atoms with Gasteiger partial charge in [0.2, 0.25) is 0 Å². The quantitative estimate of drug-likeness (QED) is 0.779. The van der Waals surface area contributed by atoms with Gasteiger partial charge >= 0.3 is 0 Å². The summed E-state index contributed by atoms with van der Waals surface area (Å²) >= 11 is 0. The van der Waals surface area contributed by atoms with E-state index in [1.54, 1.807) is 0 Å². The van der Waals surface area contributed by atoms with Crippen molar-refractivity contribution in [2.24, 2.45) is 5.41 Å². The summed E-state index contributed by atoms with van der Waals surface area (Å²) in [7, 11) is 1.85. The molecular weight excluding hydrogens is 202 g/mol. The third-order valence-corrected chi connectivity index (χ3v) is 4.75. The fraction of sp³-hybridized carbons (Fsp3) is 1.00. The second-order valence-corrected chi connectivity index (χ2v) is 5.18. The van der Waals surface area contributed by atoms with E-state index in [9.17, 15) is 0 Å². The highest BCUT2D eigenvalue weighted by atomic mass is 16.5. The van der Waals surface area contributed by atoms with Crippen LogP contribution in [-0.2, 0) is 9.47 Å². The lowest BCUT2D eigenvalue weighted by Crippen LogP contribution is -2.64. The summed E-state index contributed by atoms with van der Waals surface area (Å²) in [5.74, 6) is 0. The van der Waals surface area contributed by atoms with Crippen LogP contribution in [0.1, 0.15) is 39.5 Å². The van der Waals surface area contributed by atoms with Crippen LogP contribution < -0.4 is 5.32 Å². The molecule has 94 valence electrons. The molecule has 3 unspecified atom stereocenters. The van der Waals surface area contributed by atoms with Crippen LogP contribution in [0.3, 0.4) is 0 Å². The Morgan fingerprint density at radius 1 is 1.38 bits per heavy atom. The maximum Gasteiger partial charge on any atom is 0.0657 e. The van der Waals surface area contributed by atoms with Gasteiger partial charge in [-0.25, -0.2) is 0 Å². The second-order valence-electron chi connectivity index (χ2n) is 5.18. The molecule has 0 aromatic heterocycles. The Kier molecular flexibility index (Phi) is 3.88. The van der Waals surface area contributed by atoms with Gasteiger partial charge in [-0.05, 0) is 25.7 Å². The Hall–Kier alpha value is -0.120. The highest BCUT2D eigenvalue weighted by Crippen LogP contribution is 2.48. The van der Waals surface area contributed by atoms with Gasteiger partial charge in [0, 0.05) is 31.2 Å². The fourth-order valence-electron chi connectivity index (χ4n) is 3.46. The van der Waals surface area contributed by atoms with Crippen molar-refractivity contribution in [1.82, 2.24) is 5.32 Å². The van der Waals surface area contributed by atoms with Crippen LogP contribution in [0.4, 0.5) is 0 Å². The van der Waals surface area contributed by atoms with E-state index in [1.807, 2.05) is 7.11 Å². The molecule has 0 aromatic carbocycles. The lowest BCUT2D eigenvalue weighted by Gasteiger charge is -2.56. The van der Waals surface area contributed by atoms with Crippen LogP contribution in [0, 0.1) is 5.41 Å². The smallest absolute Gasteiger partial charge is 0.0657 e. The predicted octanol–water partition coefficient (Wildman–Crippen LogP) is 1.96. The maximum absolute atomic E-state index is 5.61. The minimum absolute atomic E-state index is 0.358. The topological polar surface area (TPSA) is 30.5 Å². The van der Waals surface area contributed by atoms with Crippen molar-refractivity contribution in [1.29, 1.82) is 0 Å². The molecule has 0 aromatic rings. The fourth-order valence-corrected chi connectivity index (χ4v) is 3.46. The molecule has 16 heavy (non-hydrogen) atoms. The van der Waals surface area contributed by atoms with Crippen LogP contribution >= 0.6 is 0 Å². The molecule has 0 amide bonds. The van der Waals surface area contributed by atoms with Crippen molar-refractivity contribution >= 4 is 0 Å². The zero-order chi connectivity index (χ0) is 11.6. The van der Waals surface area contributed by atoms with Gasteiger partial charge in [-0.3, -0.25) is 0 Å². The van der Waals surface area contributed by atoms with Gasteiger partial charge in [0.05, 0.1) is 12.7 Å². The number of hydrogen-bond acceptors (Lipinski definition) is 3. The Balaban J connectivity index is 1.94. The van der Waals surface area contributed by atoms with Crippen LogP contribution in [0.25, 0.3) is 0 Å². The average molecular weight is 227 g/mol. The predicted molar refractivity (Wildman–Crippen MR) is 64.6 cm³/mol. The second kappa shape index (κ2) is 5.03. The zero-order valence-electron chi connectivity index (χ0n) is 10.8. The first-order valence-electron chi connectivity index (χ1n) is 6.63. The number of nitrogens with one attached hydrogen (secondary N) is 1. The summed E-state index contributed by atoms with van der Waals surface area (Å²) in [4.78, 5) is 0. The van der Waals surface area contributed by atoms with E-state index in [2.05, 4.69) is 19.2 Å². The summed E-state index contributed by atoms with van der Waals surface area (Å²) in [5.41, 5.74) is 0.358. The third-order valence-electron chi connectivity index (χ3n) is 4.75. The van der Waals surface area contributed by atoms with Crippen molar-refractivity contribution in [3.63, 3.8) is 0 Å². The number of rotatable bonds is 5. The standard InChI is InChI=1S/C13H25NO2/c1-4-13(5-2)11(8-12(13)15-3)14-10-6-7-16-9-10/h10-12,14H,4-9H2,1-3H3. The number of methoxy groups -OCH3 is 1. The molecule has 1 N–H and O–H groups in total. The first kappa shape index (κ1) is 12.3. The van der Waals surface area contributed by atoms with E-state index >= 15 is 0 Å². The van der Waals surface area contributed by atoms with Gasteiger partial charge < -0.3 is 14.8 Å². The largest absolute Gasteiger partial charge is 0.381 e. The van der Waals surface area contributed by atoms with Gasteiger partial charge in [-0.2, -0.15) is 0 Å². The maximum atomic E-state index is 5.61. The molecule has 0 spiro atoms. The normalized spacial score (nSPS) is 37.3. The first-order chi connectivity index (χ1) is 7.76. The summed E-state index contributed by atoms with van der Waals surface area (Å²) in [6, 6.07) is 1.19. The Labute approximate surface area is 98.9 Å². The van der Waals surface area contributed by atoms with Crippen LogP contribution in [0.5, 0.6) is 0 Å². The van der Waals surface area contributed by atoms with E-state index in [-0.39, 0.29) is 0 Å². The van der Waals surface area contributed by atoms with Crippen molar-refractivity contribution in [3.05, 3.63) is 0 Å². The number of ether oxygens (including phenoxy) is 2.